The Bertz CT molecular complexity index is 1350. The summed E-state index contributed by atoms with van der Waals surface area (Å²) in [7, 11) is 0. The van der Waals surface area contributed by atoms with Gasteiger partial charge in [0.05, 0.1) is 16.2 Å². The monoisotopic (exact) mass is 466 g/mol. The van der Waals surface area contributed by atoms with Gasteiger partial charge in [0.1, 0.15) is 11.7 Å². The highest BCUT2D eigenvalue weighted by molar-refractivity contribution is 9.10. The van der Waals surface area contributed by atoms with Gasteiger partial charge in [-0.3, -0.25) is 14.9 Å². The van der Waals surface area contributed by atoms with Crippen LogP contribution in [0.15, 0.2) is 57.8 Å². The van der Waals surface area contributed by atoms with Gasteiger partial charge in [-0.1, -0.05) is 45.3 Å². The van der Waals surface area contributed by atoms with Gasteiger partial charge in [0, 0.05) is 21.7 Å². The van der Waals surface area contributed by atoms with Gasteiger partial charge < -0.3 is 5.32 Å². The van der Waals surface area contributed by atoms with Crippen LogP contribution < -0.4 is 10.9 Å². The molecule has 0 amide bonds. The molecule has 0 saturated carbocycles. The predicted molar refractivity (Wildman–Crippen MR) is 109 cm³/mol. The van der Waals surface area contributed by atoms with Crippen LogP contribution in [0.3, 0.4) is 0 Å². The van der Waals surface area contributed by atoms with Gasteiger partial charge in [-0.05, 0) is 28.6 Å². The number of rotatable bonds is 3. The van der Waals surface area contributed by atoms with E-state index in [1.54, 1.807) is 18.2 Å². The lowest BCUT2D eigenvalue weighted by molar-refractivity contribution is -0.385. The Balaban J connectivity index is 1.85. The predicted octanol–water partition coefficient (Wildman–Crippen LogP) is 2.79. The smallest absolute Gasteiger partial charge is 0.288 e. The summed E-state index contributed by atoms with van der Waals surface area (Å²) in [6.45, 7) is 0. The van der Waals surface area contributed by atoms with E-state index in [1.165, 1.54) is 10.7 Å². The quantitative estimate of drug-likeness (QED) is 0.305. The summed E-state index contributed by atoms with van der Waals surface area (Å²) in [5, 5.41) is 33.0. The molecule has 0 spiro atoms. The topological polar surface area (TPSA) is 145 Å². The summed E-state index contributed by atoms with van der Waals surface area (Å²) in [5.41, 5.74) is 1.54. The maximum Gasteiger partial charge on any atom is 0.288 e. The molecule has 1 aliphatic heterocycles. The molecule has 1 aliphatic rings. The van der Waals surface area contributed by atoms with Crippen LogP contribution in [0.4, 0.5) is 17.3 Å². The van der Waals surface area contributed by atoms with Crippen LogP contribution in [0.1, 0.15) is 17.2 Å². The van der Waals surface area contributed by atoms with Crippen molar-refractivity contribution in [3.8, 4) is 11.3 Å². The fraction of sp³-hybridized carbons (Fsp3) is 0.0556. The Morgan fingerprint density at radius 3 is 2.67 bits per heavy atom. The van der Waals surface area contributed by atoms with Gasteiger partial charge in [-0.2, -0.15) is 9.78 Å². The van der Waals surface area contributed by atoms with E-state index in [0.717, 1.165) is 4.47 Å². The molecule has 1 atom stereocenters. The SMILES string of the molecule is O=c1[nH]nc(-c2ccc(Br)cc2)c2c1Nc1nnnn1[C@@H]2c1ccccc1[N+](=O)[O-]. The van der Waals surface area contributed by atoms with Crippen molar-refractivity contribution in [3.63, 3.8) is 0 Å². The number of anilines is 2. The van der Waals surface area contributed by atoms with Crippen LogP contribution in [0, 0.1) is 10.1 Å². The molecular formula is C18H11BrN8O3. The van der Waals surface area contributed by atoms with E-state index in [1.807, 2.05) is 24.3 Å². The number of H-pyrrole nitrogens is 1. The first kappa shape index (κ1) is 18.1. The van der Waals surface area contributed by atoms with Crippen LogP contribution in [0.25, 0.3) is 11.3 Å². The largest absolute Gasteiger partial charge is 0.318 e. The van der Waals surface area contributed by atoms with E-state index in [0.29, 0.717) is 22.4 Å². The van der Waals surface area contributed by atoms with Crippen molar-refractivity contribution in [2.75, 3.05) is 5.32 Å². The van der Waals surface area contributed by atoms with E-state index >= 15 is 0 Å². The number of para-hydroxylation sites is 1. The molecule has 2 aromatic heterocycles. The number of hydrogen-bond donors (Lipinski definition) is 2. The number of nitro groups is 1. The average Bonchev–Trinajstić information content (AvgIpc) is 3.22. The van der Waals surface area contributed by atoms with E-state index < -0.39 is 16.5 Å². The molecule has 0 unspecified atom stereocenters. The lowest BCUT2D eigenvalue weighted by Crippen LogP contribution is -2.29. The van der Waals surface area contributed by atoms with Crippen LogP contribution in [0.2, 0.25) is 0 Å². The van der Waals surface area contributed by atoms with Crippen molar-refractivity contribution in [2.45, 2.75) is 6.04 Å². The maximum atomic E-state index is 12.6. The molecule has 2 aromatic carbocycles. The van der Waals surface area contributed by atoms with Crippen molar-refractivity contribution in [1.29, 1.82) is 0 Å². The van der Waals surface area contributed by atoms with Gasteiger partial charge >= 0.3 is 0 Å². The number of fused-ring (bicyclic) bond motifs is 2. The number of nitrogens with zero attached hydrogens (tertiary/aromatic N) is 6. The van der Waals surface area contributed by atoms with Gasteiger partial charge in [0.2, 0.25) is 5.95 Å². The van der Waals surface area contributed by atoms with E-state index in [9.17, 15) is 14.9 Å². The summed E-state index contributed by atoms with van der Waals surface area (Å²) >= 11 is 3.40. The Kier molecular flexibility index (Phi) is 4.13. The highest BCUT2D eigenvalue weighted by Crippen LogP contribution is 2.43. The zero-order valence-corrected chi connectivity index (χ0v) is 16.6. The summed E-state index contributed by atoms with van der Waals surface area (Å²) in [5.74, 6) is 0.198. The number of halogens is 1. The summed E-state index contributed by atoms with van der Waals surface area (Å²) in [6.07, 6.45) is 0. The maximum absolute atomic E-state index is 12.6. The van der Waals surface area contributed by atoms with E-state index in [-0.39, 0.29) is 17.3 Å². The lowest BCUT2D eigenvalue weighted by atomic mass is 9.91. The fourth-order valence-corrected chi connectivity index (χ4v) is 3.80. The van der Waals surface area contributed by atoms with Crippen molar-refractivity contribution in [3.05, 3.63) is 84.6 Å². The van der Waals surface area contributed by atoms with Gasteiger partial charge in [-0.25, -0.2) is 5.10 Å². The number of benzene rings is 2. The summed E-state index contributed by atoms with van der Waals surface area (Å²) < 4.78 is 2.29. The third-order valence-corrected chi connectivity index (χ3v) is 5.34. The minimum atomic E-state index is -0.832. The second-order valence-corrected chi connectivity index (χ2v) is 7.40. The molecule has 148 valence electrons. The molecule has 30 heavy (non-hydrogen) atoms. The standard InChI is InChI=1S/C18H11BrN8O3/c19-10-7-5-9(6-8-10)14-13-15(17(28)22-21-14)20-18-23-24-25-26(18)16(13)11-3-1-2-4-12(11)27(29)30/h1-8,16H,(H,22,28)(H,20,23,25)/t16-/m1/s1. The molecular weight excluding hydrogens is 456 g/mol. The second kappa shape index (κ2) is 6.84. The number of nitro benzene ring substituents is 1. The molecule has 5 rings (SSSR count). The van der Waals surface area contributed by atoms with Crippen LogP contribution in [-0.4, -0.2) is 35.3 Å². The highest BCUT2D eigenvalue weighted by Gasteiger charge is 2.37. The third-order valence-electron chi connectivity index (χ3n) is 4.81. The Hall–Kier alpha value is -3.93. The van der Waals surface area contributed by atoms with Gasteiger partial charge in [0.15, 0.2) is 0 Å². The minimum Gasteiger partial charge on any atom is -0.318 e. The number of aromatic amines is 1. The molecule has 3 heterocycles. The van der Waals surface area contributed by atoms with E-state index in [4.69, 9.17) is 0 Å². The van der Waals surface area contributed by atoms with Crippen LogP contribution >= 0.6 is 15.9 Å². The number of hydrogen-bond acceptors (Lipinski definition) is 8. The van der Waals surface area contributed by atoms with E-state index in [2.05, 4.69) is 47.0 Å². The summed E-state index contributed by atoms with van der Waals surface area (Å²) in [6, 6.07) is 12.8. The fourth-order valence-electron chi connectivity index (χ4n) is 3.54. The molecule has 12 heteroatoms. The normalized spacial score (nSPS) is 14.5. The zero-order valence-electron chi connectivity index (χ0n) is 15.0. The molecule has 0 fully saturated rings. The van der Waals surface area contributed by atoms with Crippen molar-refractivity contribution in [1.82, 2.24) is 30.4 Å². The average molecular weight is 467 g/mol. The Morgan fingerprint density at radius 1 is 1.13 bits per heavy atom. The van der Waals surface area contributed by atoms with Gasteiger partial charge in [0.25, 0.3) is 11.2 Å². The minimum absolute atomic E-state index is 0.112. The molecule has 2 N–H and O–H groups in total. The zero-order chi connectivity index (χ0) is 20.8. The first-order valence-electron chi connectivity index (χ1n) is 8.71. The number of nitrogens with one attached hydrogen (secondary N) is 2. The van der Waals surface area contributed by atoms with Gasteiger partial charge in [-0.15, -0.1) is 0 Å². The summed E-state index contributed by atoms with van der Waals surface area (Å²) in [4.78, 5) is 23.9. The number of aromatic nitrogens is 6. The first-order valence-corrected chi connectivity index (χ1v) is 9.50. The molecule has 4 aromatic rings. The molecule has 0 aliphatic carbocycles. The Morgan fingerprint density at radius 2 is 1.90 bits per heavy atom. The Labute approximate surface area is 176 Å². The molecule has 11 nitrogen and oxygen atoms in total. The highest BCUT2D eigenvalue weighted by atomic mass is 79.9. The van der Waals surface area contributed by atoms with Crippen molar-refractivity contribution >= 4 is 33.3 Å². The van der Waals surface area contributed by atoms with Crippen LogP contribution in [-0.2, 0) is 0 Å². The van der Waals surface area contributed by atoms with Crippen LogP contribution in [0.5, 0.6) is 0 Å². The molecule has 0 saturated heterocycles. The molecule has 0 radical (unpaired) electrons. The third kappa shape index (κ3) is 2.76. The first-order chi connectivity index (χ1) is 14.5. The lowest BCUT2D eigenvalue weighted by Gasteiger charge is -2.27. The molecule has 0 bridgehead atoms. The van der Waals surface area contributed by atoms with Crippen molar-refractivity contribution < 1.29 is 4.92 Å². The second-order valence-electron chi connectivity index (χ2n) is 6.49. The van der Waals surface area contributed by atoms with Crippen molar-refractivity contribution in [2.24, 2.45) is 0 Å². The number of tetrazole rings is 1.